The summed E-state index contributed by atoms with van der Waals surface area (Å²) >= 11 is 0. The lowest BCUT2D eigenvalue weighted by Gasteiger charge is -2.15. The van der Waals surface area contributed by atoms with Crippen LogP contribution in [0.3, 0.4) is 0 Å². The van der Waals surface area contributed by atoms with Crippen LogP contribution in [0, 0.1) is 19.7 Å². The first-order valence-electron chi connectivity index (χ1n) is 6.47. The third-order valence-corrected chi connectivity index (χ3v) is 3.50. The molecule has 1 aromatic heterocycles. The molecule has 2 rings (SSSR count). The van der Waals surface area contributed by atoms with Gasteiger partial charge in [0.15, 0.2) is 0 Å². The first kappa shape index (κ1) is 13.7. The number of hydrogen-bond acceptors (Lipinski definition) is 2. The molecular formula is C15H20FN3. The summed E-state index contributed by atoms with van der Waals surface area (Å²) in [7, 11) is 1.95. The highest BCUT2D eigenvalue weighted by molar-refractivity contribution is 5.28. The van der Waals surface area contributed by atoms with Gasteiger partial charge in [0.05, 0.1) is 5.69 Å². The number of aromatic nitrogens is 2. The molecule has 0 aliphatic heterocycles. The molecule has 102 valence electrons. The van der Waals surface area contributed by atoms with Crippen LogP contribution in [-0.4, -0.2) is 9.78 Å². The average Bonchev–Trinajstić information content (AvgIpc) is 2.61. The van der Waals surface area contributed by atoms with Gasteiger partial charge in [-0.3, -0.25) is 4.68 Å². The van der Waals surface area contributed by atoms with Crippen LogP contribution in [0.25, 0.3) is 0 Å². The van der Waals surface area contributed by atoms with E-state index in [1.807, 2.05) is 24.7 Å². The third-order valence-electron chi connectivity index (χ3n) is 3.50. The van der Waals surface area contributed by atoms with Crippen molar-refractivity contribution in [2.75, 3.05) is 0 Å². The second-order valence-corrected chi connectivity index (χ2v) is 4.94. The van der Waals surface area contributed by atoms with Gasteiger partial charge in [-0.2, -0.15) is 5.10 Å². The molecule has 0 aliphatic rings. The number of benzene rings is 1. The summed E-state index contributed by atoms with van der Waals surface area (Å²) in [6, 6.07) is 6.87. The number of aryl methyl sites for hydroxylation is 2. The number of hydrogen-bond donors (Lipinski definition) is 1. The van der Waals surface area contributed by atoms with E-state index >= 15 is 0 Å². The normalized spacial score (nSPS) is 12.7. The molecule has 0 amide bonds. The van der Waals surface area contributed by atoms with E-state index < -0.39 is 0 Å². The average molecular weight is 261 g/mol. The summed E-state index contributed by atoms with van der Waals surface area (Å²) in [6.07, 6.45) is 0. The first-order valence-corrected chi connectivity index (χ1v) is 6.47. The Labute approximate surface area is 113 Å². The van der Waals surface area contributed by atoms with Gasteiger partial charge in [0.2, 0.25) is 0 Å². The minimum atomic E-state index is -0.194. The van der Waals surface area contributed by atoms with Crippen molar-refractivity contribution in [2.24, 2.45) is 7.05 Å². The van der Waals surface area contributed by atoms with Gasteiger partial charge in [-0.05, 0) is 38.5 Å². The number of halogens is 1. The van der Waals surface area contributed by atoms with E-state index in [0.717, 1.165) is 17.0 Å². The molecule has 1 atom stereocenters. The maximum absolute atomic E-state index is 13.1. The third kappa shape index (κ3) is 3.01. The van der Waals surface area contributed by atoms with E-state index in [-0.39, 0.29) is 11.9 Å². The van der Waals surface area contributed by atoms with Crippen LogP contribution >= 0.6 is 0 Å². The minimum Gasteiger partial charge on any atom is -0.306 e. The van der Waals surface area contributed by atoms with Gasteiger partial charge in [-0.1, -0.05) is 12.1 Å². The van der Waals surface area contributed by atoms with Crippen LogP contribution in [-0.2, 0) is 13.6 Å². The van der Waals surface area contributed by atoms with Crippen molar-refractivity contribution < 1.29 is 4.39 Å². The summed E-state index contributed by atoms with van der Waals surface area (Å²) < 4.78 is 15.0. The molecule has 0 spiro atoms. The van der Waals surface area contributed by atoms with Crippen molar-refractivity contribution in [1.82, 2.24) is 15.1 Å². The van der Waals surface area contributed by atoms with Gasteiger partial charge >= 0.3 is 0 Å². The lowest BCUT2D eigenvalue weighted by molar-refractivity contribution is 0.564. The maximum Gasteiger partial charge on any atom is 0.123 e. The van der Waals surface area contributed by atoms with E-state index in [4.69, 9.17) is 0 Å². The second-order valence-electron chi connectivity index (χ2n) is 4.94. The SMILES string of the molecule is Cc1nn(C)c(C)c1C(C)NCc1cccc(F)c1. The minimum absolute atomic E-state index is 0.192. The molecule has 0 saturated carbocycles. The fourth-order valence-corrected chi connectivity index (χ4v) is 2.44. The summed E-state index contributed by atoms with van der Waals surface area (Å²) in [5, 5.41) is 7.83. The van der Waals surface area contributed by atoms with Crippen molar-refractivity contribution in [3.8, 4) is 0 Å². The maximum atomic E-state index is 13.1. The monoisotopic (exact) mass is 261 g/mol. The predicted molar refractivity (Wildman–Crippen MR) is 74.3 cm³/mol. The Morgan fingerprint density at radius 2 is 2.11 bits per heavy atom. The number of rotatable bonds is 4. The number of nitrogens with one attached hydrogen (secondary N) is 1. The molecule has 1 N–H and O–H groups in total. The molecule has 4 heteroatoms. The topological polar surface area (TPSA) is 29.9 Å². The second kappa shape index (κ2) is 5.53. The van der Waals surface area contributed by atoms with Gasteiger partial charge in [-0.15, -0.1) is 0 Å². The molecule has 0 aliphatic carbocycles. The van der Waals surface area contributed by atoms with Crippen molar-refractivity contribution in [1.29, 1.82) is 0 Å². The van der Waals surface area contributed by atoms with Crippen LogP contribution < -0.4 is 5.32 Å². The summed E-state index contributed by atoms with van der Waals surface area (Å²) in [5.74, 6) is -0.194. The van der Waals surface area contributed by atoms with Gasteiger partial charge in [0.25, 0.3) is 0 Å². The highest BCUT2D eigenvalue weighted by Gasteiger charge is 2.15. The van der Waals surface area contributed by atoms with E-state index in [1.165, 1.54) is 11.6 Å². The zero-order chi connectivity index (χ0) is 14.0. The van der Waals surface area contributed by atoms with E-state index in [9.17, 15) is 4.39 Å². The van der Waals surface area contributed by atoms with Crippen molar-refractivity contribution in [3.63, 3.8) is 0 Å². The molecule has 3 nitrogen and oxygen atoms in total. The molecule has 0 fully saturated rings. The van der Waals surface area contributed by atoms with Gasteiger partial charge in [-0.25, -0.2) is 4.39 Å². The highest BCUT2D eigenvalue weighted by atomic mass is 19.1. The van der Waals surface area contributed by atoms with E-state index in [2.05, 4.69) is 24.3 Å². The standard InChI is InChI=1S/C15H20FN3/c1-10(15-11(2)18-19(4)12(15)3)17-9-13-6-5-7-14(16)8-13/h5-8,10,17H,9H2,1-4H3. The Kier molecular flexibility index (Phi) is 4.00. The molecule has 0 saturated heterocycles. The Hall–Kier alpha value is -1.68. The lowest BCUT2D eigenvalue weighted by atomic mass is 10.1. The van der Waals surface area contributed by atoms with Gasteiger partial charge < -0.3 is 5.32 Å². The van der Waals surface area contributed by atoms with Crippen molar-refractivity contribution in [3.05, 3.63) is 52.6 Å². The molecule has 19 heavy (non-hydrogen) atoms. The Balaban J connectivity index is 2.07. The van der Waals surface area contributed by atoms with Crippen LogP contribution in [0.5, 0.6) is 0 Å². The molecular weight excluding hydrogens is 241 g/mol. The van der Waals surface area contributed by atoms with E-state index in [1.54, 1.807) is 12.1 Å². The Morgan fingerprint density at radius 3 is 2.68 bits per heavy atom. The molecule has 1 heterocycles. The predicted octanol–water partition coefficient (Wildman–Crippen LogP) is 3.03. The fraction of sp³-hybridized carbons (Fsp3) is 0.400. The Morgan fingerprint density at radius 1 is 1.37 bits per heavy atom. The summed E-state index contributed by atoms with van der Waals surface area (Å²) in [5.41, 5.74) is 4.38. The molecule has 0 radical (unpaired) electrons. The number of nitrogens with zero attached hydrogens (tertiary/aromatic N) is 2. The highest BCUT2D eigenvalue weighted by Crippen LogP contribution is 2.21. The van der Waals surface area contributed by atoms with Crippen LogP contribution in [0.4, 0.5) is 4.39 Å². The molecule has 0 bridgehead atoms. The Bertz CT molecular complexity index is 575. The van der Waals surface area contributed by atoms with Crippen LogP contribution in [0.2, 0.25) is 0 Å². The first-order chi connectivity index (χ1) is 8.99. The quantitative estimate of drug-likeness (QED) is 0.916. The summed E-state index contributed by atoms with van der Waals surface area (Å²) in [4.78, 5) is 0. The largest absolute Gasteiger partial charge is 0.306 e. The van der Waals surface area contributed by atoms with Crippen LogP contribution in [0.1, 0.15) is 35.5 Å². The molecule has 1 aromatic carbocycles. The lowest BCUT2D eigenvalue weighted by Crippen LogP contribution is -2.19. The molecule has 2 aromatic rings. The van der Waals surface area contributed by atoms with Gasteiger partial charge in [0.1, 0.15) is 5.82 Å². The van der Waals surface area contributed by atoms with E-state index in [0.29, 0.717) is 6.54 Å². The zero-order valence-corrected chi connectivity index (χ0v) is 11.9. The molecule has 1 unspecified atom stereocenters. The summed E-state index contributed by atoms with van der Waals surface area (Å²) in [6.45, 7) is 6.83. The smallest absolute Gasteiger partial charge is 0.123 e. The van der Waals surface area contributed by atoms with Crippen LogP contribution in [0.15, 0.2) is 24.3 Å². The van der Waals surface area contributed by atoms with Gasteiger partial charge in [0, 0.05) is 30.9 Å². The fourth-order valence-electron chi connectivity index (χ4n) is 2.44. The van der Waals surface area contributed by atoms with Crippen molar-refractivity contribution >= 4 is 0 Å². The van der Waals surface area contributed by atoms with Crippen molar-refractivity contribution in [2.45, 2.75) is 33.4 Å². The zero-order valence-electron chi connectivity index (χ0n) is 11.9.